The summed E-state index contributed by atoms with van der Waals surface area (Å²) in [4.78, 5) is 35.4. The van der Waals surface area contributed by atoms with Gasteiger partial charge in [-0.3, -0.25) is 19.9 Å². The van der Waals surface area contributed by atoms with Crippen LogP contribution in [0.4, 0.5) is 5.69 Å². The molecule has 2 rings (SSSR count). The van der Waals surface area contributed by atoms with Gasteiger partial charge in [-0.1, -0.05) is 6.07 Å². The second-order valence-corrected chi connectivity index (χ2v) is 3.54. The Balaban J connectivity index is 2.46. The number of nitro groups is 1. The molecule has 1 aromatic rings. The fourth-order valence-electron chi connectivity index (χ4n) is 1.74. The highest BCUT2D eigenvalue weighted by Crippen LogP contribution is 2.28. The van der Waals surface area contributed by atoms with Crippen molar-refractivity contribution in [2.24, 2.45) is 10.2 Å². The van der Waals surface area contributed by atoms with Crippen molar-refractivity contribution in [3.63, 3.8) is 0 Å². The van der Waals surface area contributed by atoms with E-state index in [1.54, 1.807) is 0 Å². The first kappa shape index (κ1) is 11.1. The summed E-state index contributed by atoms with van der Waals surface area (Å²) in [6.45, 7) is 0.264. The van der Waals surface area contributed by atoms with Gasteiger partial charge in [0.15, 0.2) is 0 Å². The Morgan fingerprint density at radius 2 is 2.29 bits per heavy atom. The van der Waals surface area contributed by atoms with Crippen LogP contribution in [0.1, 0.15) is 17.0 Å². The van der Waals surface area contributed by atoms with Crippen molar-refractivity contribution in [3.05, 3.63) is 44.3 Å². The van der Waals surface area contributed by atoms with Crippen LogP contribution in [0.15, 0.2) is 28.4 Å². The van der Waals surface area contributed by atoms with E-state index in [1.165, 1.54) is 24.4 Å². The number of benzene rings is 1. The number of hydrogen-bond acceptors (Lipinski definition) is 5. The van der Waals surface area contributed by atoms with Crippen LogP contribution in [0.3, 0.4) is 0 Å². The summed E-state index contributed by atoms with van der Waals surface area (Å²) in [5, 5.41) is 12.9. The number of non-ortho nitro benzene ring substituents is 1. The first-order valence-electron chi connectivity index (χ1n) is 4.78. The predicted molar refractivity (Wildman–Crippen MR) is 58.8 cm³/mol. The molecule has 0 bridgehead atoms. The van der Waals surface area contributed by atoms with E-state index >= 15 is 0 Å². The molecule has 1 aromatic carbocycles. The fraction of sp³-hybridized carbons (Fsp3) is 0.200. The number of hydrogen-bond donors (Lipinski definition) is 0. The Morgan fingerprint density at radius 1 is 1.53 bits per heavy atom. The van der Waals surface area contributed by atoms with Gasteiger partial charge in [0.2, 0.25) is 0 Å². The van der Waals surface area contributed by atoms with Crippen molar-refractivity contribution < 1.29 is 9.72 Å². The molecule has 0 radical (unpaired) electrons. The zero-order valence-corrected chi connectivity index (χ0v) is 8.57. The van der Waals surface area contributed by atoms with Crippen molar-refractivity contribution in [2.75, 3.05) is 0 Å². The first-order valence-corrected chi connectivity index (χ1v) is 4.78. The van der Waals surface area contributed by atoms with Gasteiger partial charge < -0.3 is 0 Å². The number of aliphatic imine (C=N–C) groups is 1. The van der Waals surface area contributed by atoms with E-state index in [4.69, 9.17) is 0 Å². The first-order chi connectivity index (χ1) is 8.13. The molecule has 1 aliphatic rings. The van der Waals surface area contributed by atoms with E-state index in [1.807, 2.05) is 0 Å². The predicted octanol–water partition coefficient (Wildman–Crippen LogP) is 1.56. The Kier molecular flexibility index (Phi) is 2.73. The van der Waals surface area contributed by atoms with Gasteiger partial charge in [-0.15, -0.1) is 4.91 Å². The van der Waals surface area contributed by atoms with Crippen LogP contribution in [0.25, 0.3) is 0 Å². The molecule has 17 heavy (non-hydrogen) atoms. The molecule has 7 nitrogen and oxygen atoms in total. The summed E-state index contributed by atoms with van der Waals surface area (Å²) in [5.41, 5.74) is 1.06. The van der Waals surface area contributed by atoms with Crippen molar-refractivity contribution in [2.45, 2.75) is 12.5 Å². The standard InChI is InChI=1S/C10H7N3O4/c14-10(12-15)9-5-11-4-6-3-7(13(16)17)1-2-8(6)9/h1-3,5,9H,4H2. The topological polar surface area (TPSA) is 102 Å². The molecule has 0 aromatic heterocycles. The summed E-state index contributed by atoms with van der Waals surface area (Å²) in [7, 11) is 0. The third-order valence-electron chi connectivity index (χ3n) is 2.54. The maximum Gasteiger partial charge on any atom is 0.299 e. The summed E-state index contributed by atoms with van der Waals surface area (Å²) >= 11 is 0. The Labute approximate surface area is 95.3 Å². The van der Waals surface area contributed by atoms with Gasteiger partial charge in [0, 0.05) is 23.5 Å². The molecular weight excluding hydrogens is 226 g/mol. The molecule has 1 amide bonds. The average Bonchev–Trinajstić information content (AvgIpc) is 2.36. The summed E-state index contributed by atoms with van der Waals surface area (Å²) < 4.78 is 0. The highest BCUT2D eigenvalue weighted by molar-refractivity contribution is 6.00. The number of amides is 1. The van der Waals surface area contributed by atoms with Crippen molar-refractivity contribution in [1.82, 2.24) is 0 Å². The number of carbonyl (C=O) groups excluding carboxylic acids is 1. The Bertz CT molecular complexity index is 538. The van der Waals surface area contributed by atoms with E-state index in [9.17, 15) is 19.8 Å². The molecule has 0 spiro atoms. The van der Waals surface area contributed by atoms with Gasteiger partial charge in [0.05, 0.1) is 11.5 Å². The number of nitrogens with zero attached hydrogens (tertiary/aromatic N) is 3. The molecule has 0 saturated heterocycles. The van der Waals surface area contributed by atoms with Gasteiger partial charge >= 0.3 is 0 Å². The second kappa shape index (κ2) is 4.20. The van der Waals surface area contributed by atoms with Crippen molar-refractivity contribution in [1.29, 1.82) is 0 Å². The lowest BCUT2D eigenvalue weighted by Gasteiger charge is -2.16. The number of carbonyl (C=O) groups is 1. The molecule has 86 valence electrons. The van der Waals surface area contributed by atoms with Gasteiger partial charge in [-0.2, -0.15) is 0 Å². The van der Waals surface area contributed by atoms with E-state index < -0.39 is 16.7 Å². The number of fused-ring (bicyclic) bond motifs is 1. The highest BCUT2D eigenvalue weighted by Gasteiger charge is 2.26. The summed E-state index contributed by atoms with van der Waals surface area (Å²) in [6.07, 6.45) is 1.35. The normalized spacial score (nSPS) is 17.3. The molecule has 1 unspecified atom stereocenters. The van der Waals surface area contributed by atoms with Crippen LogP contribution in [0, 0.1) is 15.0 Å². The lowest BCUT2D eigenvalue weighted by Crippen LogP contribution is -2.16. The van der Waals surface area contributed by atoms with E-state index in [-0.39, 0.29) is 12.2 Å². The summed E-state index contributed by atoms with van der Waals surface area (Å²) in [5.74, 6) is -1.67. The summed E-state index contributed by atoms with van der Waals surface area (Å²) in [6, 6.07) is 4.12. The van der Waals surface area contributed by atoms with Crippen LogP contribution >= 0.6 is 0 Å². The zero-order valence-electron chi connectivity index (χ0n) is 8.57. The molecule has 0 fully saturated rings. The minimum Gasteiger partial charge on any atom is -0.292 e. The highest BCUT2D eigenvalue weighted by atomic mass is 16.6. The number of nitroso groups, excluding NO2 is 1. The maximum atomic E-state index is 11.2. The monoisotopic (exact) mass is 233 g/mol. The third kappa shape index (κ3) is 1.94. The molecule has 0 saturated carbocycles. The molecule has 0 aliphatic carbocycles. The van der Waals surface area contributed by atoms with Crippen LogP contribution in [-0.4, -0.2) is 17.0 Å². The molecule has 1 heterocycles. The fourth-order valence-corrected chi connectivity index (χ4v) is 1.74. The quantitative estimate of drug-likeness (QED) is 0.439. The van der Waals surface area contributed by atoms with Crippen LogP contribution in [0.2, 0.25) is 0 Å². The van der Waals surface area contributed by atoms with E-state index in [0.717, 1.165) is 0 Å². The van der Waals surface area contributed by atoms with Gasteiger partial charge in [-0.25, -0.2) is 0 Å². The number of nitro benzene ring substituents is 1. The SMILES string of the molecule is O=NC(=O)C1C=NCc2cc([N+](=O)[O-])ccc21. The maximum absolute atomic E-state index is 11.2. The minimum absolute atomic E-state index is 0.0638. The van der Waals surface area contributed by atoms with Crippen LogP contribution in [-0.2, 0) is 11.3 Å². The Morgan fingerprint density at radius 3 is 2.94 bits per heavy atom. The second-order valence-electron chi connectivity index (χ2n) is 3.54. The molecule has 1 aliphatic heterocycles. The van der Waals surface area contributed by atoms with Crippen LogP contribution in [0.5, 0.6) is 0 Å². The number of rotatable bonds is 2. The van der Waals surface area contributed by atoms with Crippen molar-refractivity contribution in [3.8, 4) is 0 Å². The molecular formula is C10H7N3O4. The van der Waals surface area contributed by atoms with Gasteiger partial charge in [-0.05, 0) is 11.1 Å². The average molecular weight is 233 g/mol. The molecule has 7 heteroatoms. The lowest BCUT2D eigenvalue weighted by molar-refractivity contribution is -0.384. The Hall–Kier alpha value is -2.44. The minimum atomic E-state index is -0.844. The van der Waals surface area contributed by atoms with Crippen LogP contribution < -0.4 is 0 Å². The molecule has 1 atom stereocenters. The third-order valence-corrected chi connectivity index (χ3v) is 2.54. The smallest absolute Gasteiger partial charge is 0.292 e. The van der Waals surface area contributed by atoms with E-state index in [2.05, 4.69) is 10.2 Å². The van der Waals surface area contributed by atoms with E-state index in [0.29, 0.717) is 11.1 Å². The lowest BCUT2D eigenvalue weighted by atomic mass is 9.92. The molecule has 0 N–H and O–H groups in total. The van der Waals surface area contributed by atoms with Gasteiger partial charge in [0.1, 0.15) is 5.92 Å². The zero-order chi connectivity index (χ0) is 12.4. The largest absolute Gasteiger partial charge is 0.299 e. The van der Waals surface area contributed by atoms with Crippen molar-refractivity contribution >= 4 is 17.8 Å². The van der Waals surface area contributed by atoms with Gasteiger partial charge in [0.25, 0.3) is 11.6 Å².